The van der Waals surface area contributed by atoms with Gasteiger partial charge < -0.3 is 9.32 Å². The Morgan fingerprint density at radius 1 is 1.23 bits per heavy atom. The number of aryl methyl sites for hydroxylation is 3. The van der Waals surface area contributed by atoms with Gasteiger partial charge in [-0.15, -0.1) is 0 Å². The summed E-state index contributed by atoms with van der Waals surface area (Å²) >= 11 is 7.73. The molecule has 0 atom stereocenters. The summed E-state index contributed by atoms with van der Waals surface area (Å²) in [6.07, 6.45) is 0. The van der Waals surface area contributed by atoms with Gasteiger partial charge in [-0.1, -0.05) is 22.9 Å². The molecule has 3 aromatic rings. The maximum atomic E-state index is 13.2. The summed E-state index contributed by atoms with van der Waals surface area (Å²) in [5.74, 6) is 1.26. The molecule has 2 heterocycles. The summed E-state index contributed by atoms with van der Waals surface area (Å²) in [5.41, 5.74) is 2.36. The van der Waals surface area contributed by atoms with E-state index in [9.17, 15) is 4.79 Å². The number of anilines is 1. The van der Waals surface area contributed by atoms with Gasteiger partial charge in [0.05, 0.1) is 15.8 Å². The third kappa shape index (κ3) is 3.63. The van der Waals surface area contributed by atoms with Crippen LogP contribution < -0.4 is 4.90 Å². The third-order valence-electron chi connectivity index (χ3n) is 4.25. The van der Waals surface area contributed by atoms with Crippen molar-refractivity contribution in [3.63, 3.8) is 0 Å². The number of rotatable bonds is 5. The molecule has 0 bridgehead atoms. The van der Waals surface area contributed by atoms with E-state index in [1.54, 1.807) is 11.0 Å². The Hall–Kier alpha value is -1.89. The van der Waals surface area contributed by atoms with Crippen molar-refractivity contribution in [1.82, 2.24) is 9.88 Å². The van der Waals surface area contributed by atoms with Gasteiger partial charge in [0.1, 0.15) is 11.5 Å². The maximum absolute atomic E-state index is 13.2. The number of thiazole rings is 1. The molecule has 1 amide bonds. The largest absolute Gasteiger partial charge is 0.466 e. The molecule has 1 aromatic carbocycles. The van der Waals surface area contributed by atoms with E-state index in [2.05, 4.69) is 0 Å². The number of likely N-dealkylation sites (N-methyl/N-ethyl adjacent to an activating group) is 1. The number of benzene rings is 1. The Kier molecular flexibility index (Phi) is 5.37. The van der Waals surface area contributed by atoms with Gasteiger partial charge in [0.25, 0.3) is 5.91 Å². The summed E-state index contributed by atoms with van der Waals surface area (Å²) in [6, 6.07) is 5.61. The Morgan fingerprint density at radius 3 is 2.58 bits per heavy atom. The normalized spacial score (nSPS) is 11.5. The molecule has 7 heteroatoms. The van der Waals surface area contributed by atoms with E-state index in [1.165, 1.54) is 11.3 Å². The lowest BCUT2D eigenvalue weighted by Gasteiger charge is -2.21. The standard InChI is InChI=1S/C19H22ClN3O2S/c1-11-10-14(13(3)25-11)18(24)23(9-8-22(4)5)19-21-17-12(2)15(20)6-7-16(17)26-19/h6-7,10H,8-9H2,1-5H3. The van der Waals surface area contributed by atoms with Gasteiger partial charge in [-0.2, -0.15) is 0 Å². The molecule has 0 saturated carbocycles. The first kappa shape index (κ1) is 18.9. The summed E-state index contributed by atoms with van der Waals surface area (Å²) in [7, 11) is 3.97. The summed E-state index contributed by atoms with van der Waals surface area (Å²) < 4.78 is 6.57. The lowest BCUT2D eigenvalue weighted by atomic mass is 10.2. The second-order valence-corrected chi connectivity index (χ2v) is 8.02. The SMILES string of the molecule is Cc1cc(C(=O)N(CCN(C)C)c2nc3c(C)c(Cl)ccc3s2)c(C)o1. The molecule has 3 rings (SSSR count). The minimum atomic E-state index is -0.0935. The van der Waals surface area contributed by atoms with Crippen LogP contribution in [-0.2, 0) is 0 Å². The smallest absolute Gasteiger partial charge is 0.263 e. The van der Waals surface area contributed by atoms with Crippen LogP contribution in [0.4, 0.5) is 5.13 Å². The Labute approximate surface area is 162 Å². The lowest BCUT2D eigenvalue weighted by molar-refractivity contribution is 0.0983. The Balaban J connectivity index is 2.05. The van der Waals surface area contributed by atoms with Crippen LogP contribution in [0.15, 0.2) is 22.6 Å². The van der Waals surface area contributed by atoms with Crippen LogP contribution in [0, 0.1) is 20.8 Å². The highest BCUT2D eigenvalue weighted by Gasteiger charge is 2.25. The Bertz CT molecular complexity index is 961. The third-order valence-corrected chi connectivity index (χ3v) is 5.71. The molecule has 0 aliphatic rings. The molecular weight excluding hydrogens is 370 g/mol. The van der Waals surface area contributed by atoms with E-state index >= 15 is 0 Å². The monoisotopic (exact) mass is 391 g/mol. The fraction of sp³-hybridized carbons (Fsp3) is 0.368. The van der Waals surface area contributed by atoms with E-state index in [0.717, 1.165) is 28.1 Å². The van der Waals surface area contributed by atoms with Crippen LogP contribution in [0.3, 0.4) is 0 Å². The van der Waals surface area contributed by atoms with E-state index in [4.69, 9.17) is 21.0 Å². The molecular formula is C19H22ClN3O2S. The van der Waals surface area contributed by atoms with E-state index in [1.807, 2.05) is 51.9 Å². The van der Waals surface area contributed by atoms with Gasteiger partial charge in [0, 0.05) is 18.1 Å². The fourth-order valence-corrected chi connectivity index (χ4v) is 3.98. The molecule has 138 valence electrons. The number of carbonyl (C=O) groups is 1. The van der Waals surface area contributed by atoms with Crippen LogP contribution >= 0.6 is 22.9 Å². The first-order chi connectivity index (χ1) is 12.3. The number of halogens is 1. The number of carbonyl (C=O) groups excluding carboxylic acids is 1. The highest BCUT2D eigenvalue weighted by molar-refractivity contribution is 7.22. The number of furan rings is 1. The van der Waals surface area contributed by atoms with Crippen LogP contribution in [0.1, 0.15) is 27.4 Å². The maximum Gasteiger partial charge on any atom is 0.263 e. The van der Waals surface area contributed by atoms with Crippen molar-refractivity contribution in [2.75, 3.05) is 32.1 Å². The lowest BCUT2D eigenvalue weighted by Crippen LogP contribution is -2.36. The summed E-state index contributed by atoms with van der Waals surface area (Å²) in [5, 5.41) is 1.36. The van der Waals surface area contributed by atoms with E-state index in [0.29, 0.717) is 28.0 Å². The van der Waals surface area contributed by atoms with Crippen LogP contribution in [0.2, 0.25) is 5.02 Å². The summed E-state index contributed by atoms with van der Waals surface area (Å²) in [4.78, 5) is 21.7. The average molecular weight is 392 g/mol. The van der Waals surface area contributed by atoms with Gasteiger partial charge in [-0.3, -0.25) is 9.69 Å². The molecule has 0 unspecified atom stereocenters. The number of nitrogens with zero attached hydrogens (tertiary/aromatic N) is 3. The highest BCUT2D eigenvalue weighted by atomic mass is 35.5. The van der Waals surface area contributed by atoms with Gasteiger partial charge >= 0.3 is 0 Å². The minimum Gasteiger partial charge on any atom is -0.466 e. The van der Waals surface area contributed by atoms with Crippen molar-refractivity contribution >= 4 is 44.2 Å². The molecule has 26 heavy (non-hydrogen) atoms. The van der Waals surface area contributed by atoms with Crippen molar-refractivity contribution in [3.05, 3.63) is 45.9 Å². The number of fused-ring (bicyclic) bond motifs is 1. The fourth-order valence-electron chi connectivity index (χ4n) is 2.78. The molecule has 0 aliphatic heterocycles. The molecule has 0 saturated heterocycles. The topological polar surface area (TPSA) is 49.6 Å². The van der Waals surface area contributed by atoms with Crippen LogP contribution in [0.25, 0.3) is 10.2 Å². The van der Waals surface area contributed by atoms with Crippen molar-refractivity contribution in [1.29, 1.82) is 0 Å². The van der Waals surface area contributed by atoms with Gasteiger partial charge in [0.2, 0.25) is 0 Å². The van der Waals surface area contributed by atoms with Gasteiger partial charge in [-0.05, 0) is 58.6 Å². The molecule has 2 aromatic heterocycles. The molecule has 0 fully saturated rings. The predicted molar refractivity (Wildman–Crippen MR) is 108 cm³/mol. The van der Waals surface area contributed by atoms with Gasteiger partial charge in [-0.25, -0.2) is 4.98 Å². The molecule has 0 spiro atoms. The predicted octanol–water partition coefficient (Wildman–Crippen LogP) is 4.68. The number of amides is 1. The second kappa shape index (κ2) is 7.39. The zero-order chi connectivity index (χ0) is 19.0. The molecule has 0 aliphatic carbocycles. The van der Waals surface area contributed by atoms with Crippen LogP contribution in [-0.4, -0.2) is 43.0 Å². The first-order valence-electron chi connectivity index (χ1n) is 8.37. The van der Waals surface area contributed by atoms with E-state index < -0.39 is 0 Å². The molecule has 0 N–H and O–H groups in total. The zero-order valence-electron chi connectivity index (χ0n) is 15.6. The van der Waals surface area contributed by atoms with E-state index in [-0.39, 0.29) is 5.91 Å². The molecule has 0 radical (unpaired) electrons. The highest BCUT2D eigenvalue weighted by Crippen LogP contribution is 2.34. The van der Waals surface area contributed by atoms with Gasteiger partial charge in [0.15, 0.2) is 5.13 Å². The first-order valence-corrected chi connectivity index (χ1v) is 9.56. The molecule has 5 nitrogen and oxygen atoms in total. The van der Waals surface area contributed by atoms with Crippen molar-refractivity contribution in [3.8, 4) is 0 Å². The number of hydrogen-bond donors (Lipinski definition) is 0. The quantitative estimate of drug-likeness (QED) is 0.633. The number of aromatic nitrogens is 1. The van der Waals surface area contributed by atoms with Crippen LogP contribution in [0.5, 0.6) is 0 Å². The minimum absolute atomic E-state index is 0.0935. The Morgan fingerprint density at radius 2 is 1.96 bits per heavy atom. The zero-order valence-corrected chi connectivity index (χ0v) is 17.2. The van der Waals surface area contributed by atoms with Crippen molar-refractivity contribution in [2.24, 2.45) is 0 Å². The average Bonchev–Trinajstić information content (AvgIpc) is 3.14. The van der Waals surface area contributed by atoms with Crippen molar-refractivity contribution in [2.45, 2.75) is 20.8 Å². The van der Waals surface area contributed by atoms with Crippen molar-refractivity contribution < 1.29 is 9.21 Å². The second-order valence-electron chi connectivity index (χ2n) is 6.60. The number of hydrogen-bond acceptors (Lipinski definition) is 5. The summed E-state index contributed by atoms with van der Waals surface area (Å²) in [6.45, 7) is 6.88.